The van der Waals surface area contributed by atoms with E-state index >= 15 is 0 Å². The van der Waals surface area contributed by atoms with Gasteiger partial charge in [-0.05, 0) is 18.4 Å². The number of unbranched alkanes of at least 4 members (excludes halogenated alkanes) is 1. The quantitative estimate of drug-likeness (QED) is 0.708. The molecule has 0 radical (unpaired) electrons. The van der Waals surface area contributed by atoms with Gasteiger partial charge in [0.1, 0.15) is 6.61 Å². The minimum Gasteiger partial charge on any atom is -0.444 e. The molecule has 1 amide bonds. The van der Waals surface area contributed by atoms with Crippen LogP contribution in [0.2, 0.25) is 0 Å². The molecule has 19 heavy (non-hydrogen) atoms. The van der Waals surface area contributed by atoms with Crippen LogP contribution in [0.4, 0.5) is 4.79 Å². The summed E-state index contributed by atoms with van der Waals surface area (Å²) in [6.07, 6.45) is 3.94. The molecule has 0 saturated carbocycles. The molecular formula is C15H24N2O2. The average Bonchev–Trinajstić information content (AvgIpc) is 2.46. The summed E-state index contributed by atoms with van der Waals surface area (Å²) in [5, 5.41) is 0. The molecule has 1 rings (SSSR count). The van der Waals surface area contributed by atoms with Crippen molar-refractivity contribution < 1.29 is 9.53 Å². The lowest BCUT2D eigenvalue weighted by molar-refractivity contribution is 0.132. The molecule has 2 N–H and O–H groups in total. The van der Waals surface area contributed by atoms with Crippen LogP contribution in [-0.2, 0) is 11.3 Å². The van der Waals surface area contributed by atoms with Gasteiger partial charge in [-0.1, -0.05) is 57.0 Å². The minimum atomic E-state index is -0.432. The van der Waals surface area contributed by atoms with Crippen LogP contribution < -0.4 is 10.9 Å². The lowest BCUT2D eigenvalue weighted by Crippen LogP contribution is -2.44. The van der Waals surface area contributed by atoms with Crippen LogP contribution in [0.3, 0.4) is 0 Å². The fraction of sp³-hybridized carbons (Fsp3) is 0.533. The molecule has 1 atom stereocenters. The smallest absolute Gasteiger partial charge is 0.421 e. The van der Waals surface area contributed by atoms with Crippen molar-refractivity contribution in [1.29, 1.82) is 0 Å². The van der Waals surface area contributed by atoms with E-state index in [4.69, 9.17) is 4.74 Å². The monoisotopic (exact) mass is 264 g/mol. The highest BCUT2D eigenvalue weighted by Crippen LogP contribution is 2.03. The standard InChI is InChI=1S/C15H24N2O2/c1-3-5-11-14(4-2)16-17-15(18)19-12-13-9-7-6-8-10-13/h6-10,14,16H,3-5,11-12H2,1-2H3,(H,17,18). The van der Waals surface area contributed by atoms with Gasteiger partial charge in [-0.25, -0.2) is 10.2 Å². The van der Waals surface area contributed by atoms with Gasteiger partial charge >= 0.3 is 6.09 Å². The number of hydrogen-bond donors (Lipinski definition) is 2. The summed E-state index contributed by atoms with van der Waals surface area (Å²) in [7, 11) is 0. The molecule has 0 aromatic heterocycles. The maximum atomic E-state index is 11.5. The largest absolute Gasteiger partial charge is 0.444 e. The van der Waals surface area contributed by atoms with Crippen LogP contribution in [0.1, 0.15) is 45.1 Å². The number of amides is 1. The molecule has 4 nitrogen and oxygen atoms in total. The van der Waals surface area contributed by atoms with E-state index in [-0.39, 0.29) is 0 Å². The second kappa shape index (κ2) is 9.39. The molecule has 0 saturated heterocycles. The van der Waals surface area contributed by atoms with Gasteiger partial charge in [-0.2, -0.15) is 0 Å². The Hall–Kier alpha value is -1.55. The average molecular weight is 264 g/mol. The van der Waals surface area contributed by atoms with Crippen LogP contribution in [-0.4, -0.2) is 12.1 Å². The van der Waals surface area contributed by atoms with Crippen molar-refractivity contribution in [2.24, 2.45) is 0 Å². The van der Waals surface area contributed by atoms with E-state index in [0.717, 1.165) is 31.2 Å². The van der Waals surface area contributed by atoms with Gasteiger partial charge in [0.25, 0.3) is 0 Å². The maximum absolute atomic E-state index is 11.5. The molecule has 0 aliphatic rings. The van der Waals surface area contributed by atoms with Gasteiger partial charge in [-0.3, -0.25) is 5.43 Å². The number of carbonyl (C=O) groups is 1. The number of rotatable bonds is 8. The molecule has 4 heteroatoms. The van der Waals surface area contributed by atoms with Gasteiger partial charge in [0.05, 0.1) is 0 Å². The van der Waals surface area contributed by atoms with Crippen molar-refractivity contribution in [3.05, 3.63) is 35.9 Å². The van der Waals surface area contributed by atoms with E-state index in [1.165, 1.54) is 0 Å². The van der Waals surface area contributed by atoms with E-state index in [9.17, 15) is 4.79 Å². The number of ether oxygens (including phenoxy) is 1. The molecule has 106 valence electrons. The van der Waals surface area contributed by atoms with Crippen LogP contribution in [0.15, 0.2) is 30.3 Å². The first-order valence-corrected chi connectivity index (χ1v) is 6.98. The third-order valence-corrected chi connectivity index (χ3v) is 2.99. The Labute approximate surface area is 115 Å². The van der Waals surface area contributed by atoms with E-state index in [1.807, 2.05) is 30.3 Å². The summed E-state index contributed by atoms with van der Waals surface area (Å²) in [5.41, 5.74) is 6.60. The Morgan fingerprint density at radius 3 is 2.63 bits per heavy atom. The van der Waals surface area contributed by atoms with Crippen molar-refractivity contribution in [3.63, 3.8) is 0 Å². The first-order chi connectivity index (χ1) is 9.26. The zero-order chi connectivity index (χ0) is 13.9. The second-order valence-corrected chi connectivity index (χ2v) is 4.58. The van der Waals surface area contributed by atoms with E-state index in [0.29, 0.717) is 12.6 Å². The SMILES string of the molecule is CCCCC(CC)NNC(=O)OCc1ccccc1. The molecule has 1 aromatic carbocycles. The van der Waals surface area contributed by atoms with E-state index in [1.54, 1.807) is 0 Å². The molecule has 0 fully saturated rings. The summed E-state index contributed by atoms with van der Waals surface area (Å²) in [6, 6.07) is 9.95. The van der Waals surface area contributed by atoms with Gasteiger partial charge in [-0.15, -0.1) is 0 Å². The van der Waals surface area contributed by atoms with Crippen LogP contribution in [0, 0.1) is 0 Å². The Bertz CT molecular complexity index is 354. The van der Waals surface area contributed by atoms with Crippen LogP contribution >= 0.6 is 0 Å². The van der Waals surface area contributed by atoms with Crippen molar-refractivity contribution in [2.45, 2.75) is 52.2 Å². The minimum absolute atomic E-state index is 0.292. The first-order valence-electron chi connectivity index (χ1n) is 6.98. The zero-order valence-electron chi connectivity index (χ0n) is 11.8. The summed E-state index contributed by atoms with van der Waals surface area (Å²) >= 11 is 0. The highest BCUT2D eigenvalue weighted by molar-refractivity contribution is 5.66. The van der Waals surface area contributed by atoms with Crippen molar-refractivity contribution in [3.8, 4) is 0 Å². The topological polar surface area (TPSA) is 50.4 Å². The predicted octanol–water partition coefficient (Wildman–Crippen LogP) is 3.39. The van der Waals surface area contributed by atoms with Crippen molar-refractivity contribution in [1.82, 2.24) is 10.9 Å². The molecule has 0 aliphatic carbocycles. The molecule has 0 spiro atoms. The number of nitrogens with one attached hydrogen (secondary N) is 2. The third-order valence-electron chi connectivity index (χ3n) is 2.99. The number of hydrogen-bond acceptors (Lipinski definition) is 3. The van der Waals surface area contributed by atoms with Gasteiger partial charge < -0.3 is 4.74 Å². The van der Waals surface area contributed by atoms with Crippen LogP contribution in [0.25, 0.3) is 0 Å². The van der Waals surface area contributed by atoms with Gasteiger partial charge in [0.15, 0.2) is 0 Å². The fourth-order valence-corrected chi connectivity index (χ4v) is 1.75. The Balaban J connectivity index is 2.20. The first kappa shape index (κ1) is 15.5. The Morgan fingerprint density at radius 2 is 2.00 bits per heavy atom. The van der Waals surface area contributed by atoms with Gasteiger partial charge in [0.2, 0.25) is 0 Å². The molecular weight excluding hydrogens is 240 g/mol. The highest BCUT2D eigenvalue weighted by Gasteiger charge is 2.07. The van der Waals surface area contributed by atoms with Crippen molar-refractivity contribution in [2.75, 3.05) is 0 Å². The van der Waals surface area contributed by atoms with E-state index in [2.05, 4.69) is 24.7 Å². The lowest BCUT2D eigenvalue weighted by Gasteiger charge is -2.17. The normalized spacial score (nSPS) is 11.9. The Kier molecular flexibility index (Phi) is 7.66. The molecule has 0 heterocycles. The summed E-state index contributed by atoms with van der Waals surface area (Å²) in [5.74, 6) is 0. The lowest BCUT2D eigenvalue weighted by atomic mass is 10.1. The highest BCUT2D eigenvalue weighted by atomic mass is 16.6. The van der Waals surface area contributed by atoms with E-state index < -0.39 is 6.09 Å². The number of benzene rings is 1. The number of carbonyl (C=O) groups excluding carboxylic acids is 1. The second-order valence-electron chi connectivity index (χ2n) is 4.58. The maximum Gasteiger partial charge on any atom is 0.421 e. The third kappa shape index (κ3) is 6.82. The van der Waals surface area contributed by atoms with Crippen LogP contribution in [0.5, 0.6) is 0 Å². The number of hydrazine groups is 1. The molecule has 0 bridgehead atoms. The zero-order valence-corrected chi connectivity index (χ0v) is 11.8. The molecule has 0 aliphatic heterocycles. The Morgan fingerprint density at radius 1 is 1.26 bits per heavy atom. The van der Waals surface area contributed by atoms with Gasteiger partial charge in [0, 0.05) is 6.04 Å². The van der Waals surface area contributed by atoms with Crippen molar-refractivity contribution >= 4 is 6.09 Å². The molecule has 1 aromatic rings. The summed E-state index contributed by atoms with van der Waals surface area (Å²) in [4.78, 5) is 11.5. The molecule has 1 unspecified atom stereocenters. The fourth-order valence-electron chi connectivity index (χ4n) is 1.75. The summed E-state index contributed by atoms with van der Waals surface area (Å²) < 4.78 is 5.11. The summed E-state index contributed by atoms with van der Waals surface area (Å²) in [6.45, 7) is 4.55. The predicted molar refractivity (Wildman–Crippen MR) is 76.5 cm³/mol.